The van der Waals surface area contributed by atoms with E-state index in [9.17, 15) is 14.0 Å². The van der Waals surface area contributed by atoms with Crippen molar-refractivity contribution in [2.24, 2.45) is 11.7 Å². The van der Waals surface area contributed by atoms with Crippen LogP contribution in [0, 0.1) is 11.7 Å². The number of anilines is 1. The van der Waals surface area contributed by atoms with E-state index in [2.05, 4.69) is 10.6 Å². The van der Waals surface area contributed by atoms with Gasteiger partial charge in [0.1, 0.15) is 5.82 Å². The number of carbonyl (C=O) groups is 2. The van der Waals surface area contributed by atoms with E-state index in [-0.39, 0.29) is 36.0 Å². The molecule has 0 bridgehead atoms. The fourth-order valence-electron chi connectivity index (χ4n) is 3.11. The Kier molecular flexibility index (Phi) is 8.57. The normalized spacial score (nSPS) is 15.1. The maximum Gasteiger partial charge on any atom is 0.255 e. The molecule has 1 fully saturated rings. The molecule has 2 aromatic rings. The third-order valence-corrected chi connectivity index (χ3v) is 4.86. The molecule has 1 heterocycles. The molecule has 1 saturated heterocycles. The van der Waals surface area contributed by atoms with Gasteiger partial charge in [0.25, 0.3) is 5.91 Å². The number of hydrogen-bond acceptors (Lipinski definition) is 4. The lowest BCUT2D eigenvalue weighted by molar-refractivity contribution is -0.124. The van der Waals surface area contributed by atoms with E-state index in [4.69, 9.17) is 10.5 Å². The van der Waals surface area contributed by atoms with Crippen molar-refractivity contribution in [2.45, 2.75) is 25.4 Å². The summed E-state index contributed by atoms with van der Waals surface area (Å²) >= 11 is 0. The first-order chi connectivity index (χ1) is 13.5. The molecular weight excluding hydrogens is 397 g/mol. The van der Waals surface area contributed by atoms with Gasteiger partial charge in [0.05, 0.1) is 6.04 Å². The van der Waals surface area contributed by atoms with E-state index in [0.717, 1.165) is 18.4 Å². The molecule has 29 heavy (non-hydrogen) atoms. The van der Waals surface area contributed by atoms with Crippen LogP contribution in [-0.2, 0) is 16.1 Å². The van der Waals surface area contributed by atoms with Crippen LogP contribution in [0.1, 0.15) is 28.8 Å². The summed E-state index contributed by atoms with van der Waals surface area (Å²) in [6, 6.07) is 11.9. The van der Waals surface area contributed by atoms with Crippen LogP contribution in [0.5, 0.6) is 0 Å². The van der Waals surface area contributed by atoms with Crippen molar-refractivity contribution < 1.29 is 18.7 Å². The van der Waals surface area contributed by atoms with Crippen LogP contribution in [0.2, 0.25) is 0 Å². The highest BCUT2D eigenvalue weighted by molar-refractivity contribution is 6.04. The Hall–Kier alpha value is -2.48. The van der Waals surface area contributed by atoms with Gasteiger partial charge in [0, 0.05) is 31.0 Å². The molecule has 2 amide bonds. The molecule has 0 spiro atoms. The minimum absolute atomic E-state index is 0. The zero-order valence-corrected chi connectivity index (χ0v) is 16.7. The van der Waals surface area contributed by atoms with Crippen molar-refractivity contribution in [1.29, 1.82) is 0 Å². The van der Waals surface area contributed by atoms with E-state index in [1.54, 1.807) is 24.3 Å². The molecule has 1 aliphatic heterocycles. The van der Waals surface area contributed by atoms with Crippen molar-refractivity contribution in [3.05, 3.63) is 65.5 Å². The predicted octanol–water partition coefficient (Wildman–Crippen LogP) is 2.87. The summed E-state index contributed by atoms with van der Waals surface area (Å²) in [4.78, 5) is 24.5. The van der Waals surface area contributed by atoms with Gasteiger partial charge in [-0.1, -0.05) is 12.1 Å². The molecule has 8 heteroatoms. The Labute approximate surface area is 175 Å². The molecule has 2 aromatic carbocycles. The lowest BCUT2D eigenvalue weighted by Gasteiger charge is -2.26. The monoisotopic (exact) mass is 421 g/mol. The standard InChI is InChI=1S/C21H24FN3O3.ClH/c22-17-5-7-18(8-6-17)25-20(26)16-3-1-14(2-4-16)13-24-21(27)19(23)15-9-11-28-12-10-15;/h1-8,15,19H,9-13,23H2,(H,24,27)(H,25,26);1H. The van der Waals surface area contributed by atoms with Gasteiger partial charge in [-0.25, -0.2) is 4.39 Å². The molecule has 1 atom stereocenters. The summed E-state index contributed by atoms with van der Waals surface area (Å²) in [6.07, 6.45) is 1.60. The maximum absolute atomic E-state index is 12.9. The smallest absolute Gasteiger partial charge is 0.255 e. The fraction of sp³-hybridized carbons (Fsp3) is 0.333. The first-order valence-electron chi connectivity index (χ1n) is 9.30. The van der Waals surface area contributed by atoms with Gasteiger partial charge in [-0.15, -0.1) is 12.4 Å². The van der Waals surface area contributed by atoms with Crippen LogP contribution in [0.15, 0.2) is 48.5 Å². The van der Waals surface area contributed by atoms with Crippen LogP contribution in [0.4, 0.5) is 10.1 Å². The fourth-order valence-corrected chi connectivity index (χ4v) is 3.11. The second-order valence-corrected chi connectivity index (χ2v) is 6.85. The van der Waals surface area contributed by atoms with Crippen molar-refractivity contribution in [1.82, 2.24) is 5.32 Å². The number of amides is 2. The van der Waals surface area contributed by atoms with Crippen molar-refractivity contribution in [3.63, 3.8) is 0 Å². The highest BCUT2D eigenvalue weighted by Crippen LogP contribution is 2.18. The molecule has 0 aliphatic carbocycles. The Bertz CT molecular complexity index is 809. The maximum atomic E-state index is 12.9. The molecular formula is C21H25ClFN3O3. The summed E-state index contributed by atoms with van der Waals surface area (Å²) in [5.41, 5.74) is 7.91. The third-order valence-electron chi connectivity index (χ3n) is 4.86. The molecule has 0 aromatic heterocycles. The van der Waals surface area contributed by atoms with Gasteiger partial charge in [0.15, 0.2) is 0 Å². The SMILES string of the molecule is Cl.NC(C(=O)NCc1ccc(C(=O)Nc2ccc(F)cc2)cc1)C1CCOCC1. The van der Waals surface area contributed by atoms with Gasteiger partial charge < -0.3 is 21.1 Å². The van der Waals surface area contributed by atoms with E-state index in [1.165, 1.54) is 24.3 Å². The van der Waals surface area contributed by atoms with Crippen molar-refractivity contribution in [3.8, 4) is 0 Å². The summed E-state index contributed by atoms with van der Waals surface area (Å²) in [5.74, 6) is -0.680. The Morgan fingerprint density at radius 2 is 1.69 bits per heavy atom. The second kappa shape index (κ2) is 10.9. The van der Waals surface area contributed by atoms with Crippen LogP contribution >= 0.6 is 12.4 Å². The van der Waals surface area contributed by atoms with E-state index >= 15 is 0 Å². The zero-order valence-electron chi connectivity index (χ0n) is 15.9. The molecule has 1 unspecified atom stereocenters. The van der Waals surface area contributed by atoms with Crippen LogP contribution in [0.3, 0.4) is 0 Å². The van der Waals surface area contributed by atoms with Gasteiger partial charge >= 0.3 is 0 Å². The van der Waals surface area contributed by atoms with E-state index in [0.29, 0.717) is 31.0 Å². The van der Waals surface area contributed by atoms with Gasteiger partial charge in [-0.05, 0) is 60.7 Å². The van der Waals surface area contributed by atoms with Crippen molar-refractivity contribution in [2.75, 3.05) is 18.5 Å². The largest absolute Gasteiger partial charge is 0.381 e. The molecule has 0 radical (unpaired) electrons. The van der Waals surface area contributed by atoms with Crippen LogP contribution in [0.25, 0.3) is 0 Å². The number of benzene rings is 2. The number of ether oxygens (including phenoxy) is 1. The van der Waals surface area contributed by atoms with E-state index in [1.807, 2.05) is 0 Å². The molecule has 156 valence electrons. The van der Waals surface area contributed by atoms with Gasteiger partial charge in [-0.3, -0.25) is 9.59 Å². The summed E-state index contributed by atoms with van der Waals surface area (Å²) in [6.45, 7) is 1.63. The number of halogens is 2. The summed E-state index contributed by atoms with van der Waals surface area (Å²) in [5, 5.41) is 5.55. The third kappa shape index (κ3) is 6.52. The molecule has 3 rings (SSSR count). The minimum Gasteiger partial charge on any atom is -0.381 e. The topological polar surface area (TPSA) is 93.5 Å². The number of nitrogens with two attached hydrogens (primary N) is 1. The average molecular weight is 422 g/mol. The zero-order chi connectivity index (χ0) is 19.9. The first-order valence-corrected chi connectivity index (χ1v) is 9.30. The van der Waals surface area contributed by atoms with Crippen LogP contribution < -0.4 is 16.4 Å². The summed E-state index contributed by atoms with van der Waals surface area (Å²) < 4.78 is 18.2. The first kappa shape index (κ1) is 22.8. The second-order valence-electron chi connectivity index (χ2n) is 6.85. The highest BCUT2D eigenvalue weighted by Gasteiger charge is 2.26. The van der Waals surface area contributed by atoms with E-state index < -0.39 is 6.04 Å². The number of hydrogen-bond donors (Lipinski definition) is 3. The highest BCUT2D eigenvalue weighted by atomic mass is 35.5. The number of carbonyl (C=O) groups excluding carboxylic acids is 2. The minimum atomic E-state index is -0.537. The molecule has 0 saturated carbocycles. The Morgan fingerprint density at radius 3 is 2.31 bits per heavy atom. The number of nitrogens with one attached hydrogen (secondary N) is 2. The van der Waals surface area contributed by atoms with Gasteiger partial charge in [-0.2, -0.15) is 0 Å². The quantitative estimate of drug-likeness (QED) is 0.668. The molecule has 6 nitrogen and oxygen atoms in total. The summed E-state index contributed by atoms with van der Waals surface area (Å²) in [7, 11) is 0. The van der Waals surface area contributed by atoms with Crippen molar-refractivity contribution >= 4 is 29.9 Å². The lowest BCUT2D eigenvalue weighted by Crippen LogP contribution is -2.46. The lowest BCUT2D eigenvalue weighted by atomic mass is 9.92. The predicted molar refractivity (Wildman–Crippen MR) is 111 cm³/mol. The number of rotatable bonds is 6. The molecule has 4 N–H and O–H groups in total. The Morgan fingerprint density at radius 1 is 1.07 bits per heavy atom. The van der Waals surface area contributed by atoms with Gasteiger partial charge in [0.2, 0.25) is 5.91 Å². The molecule has 1 aliphatic rings. The Balaban J connectivity index is 0.00000300. The average Bonchev–Trinajstić information content (AvgIpc) is 2.74. The van der Waals surface area contributed by atoms with Crippen LogP contribution in [-0.4, -0.2) is 31.1 Å².